The molecule has 0 spiro atoms. The zero-order chi connectivity index (χ0) is 49.6. The number of nitrogens with one attached hydrogen (secondary N) is 2. The van der Waals surface area contributed by atoms with Crippen molar-refractivity contribution in [2.24, 2.45) is 5.41 Å². The van der Waals surface area contributed by atoms with Gasteiger partial charge < -0.3 is 30.1 Å². The summed E-state index contributed by atoms with van der Waals surface area (Å²) >= 11 is 3.06. The maximum atomic E-state index is 14.2. The van der Waals surface area contributed by atoms with Gasteiger partial charge in [-0.25, -0.2) is 9.37 Å². The number of thiazole rings is 1. The van der Waals surface area contributed by atoms with Crippen molar-refractivity contribution in [3.05, 3.63) is 156 Å². The molecule has 15 heteroatoms. The second-order valence-electron chi connectivity index (χ2n) is 18.8. The first-order chi connectivity index (χ1) is 34.2. The van der Waals surface area contributed by atoms with Gasteiger partial charge in [0.05, 0.1) is 33.2 Å². The van der Waals surface area contributed by atoms with Crippen molar-refractivity contribution in [2.45, 2.75) is 78.6 Å². The predicted octanol–water partition coefficient (Wildman–Crippen LogP) is 11.4. The molecule has 0 saturated carbocycles. The van der Waals surface area contributed by atoms with Crippen molar-refractivity contribution >= 4 is 50.5 Å². The van der Waals surface area contributed by atoms with E-state index in [1.54, 1.807) is 40.5 Å². The third-order valence-corrected chi connectivity index (χ3v) is 14.7. The number of carbonyl (C=O) groups is 3. The number of ether oxygens (including phenoxy) is 2. The summed E-state index contributed by atoms with van der Waals surface area (Å²) in [4.78, 5) is 49.1. The van der Waals surface area contributed by atoms with Gasteiger partial charge in [-0.1, -0.05) is 75.4 Å². The molecular weight excluding hydrogens is 936 g/mol. The van der Waals surface area contributed by atoms with E-state index in [9.17, 15) is 23.9 Å². The number of amides is 3. The molecule has 8 aromatic rings. The van der Waals surface area contributed by atoms with E-state index >= 15 is 0 Å². The van der Waals surface area contributed by atoms with Crippen LogP contribution in [-0.4, -0.2) is 67.7 Å². The number of benzene rings is 5. The number of aromatic hydroxyl groups is 1. The molecule has 71 heavy (non-hydrogen) atoms. The summed E-state index contributed by atoms with van der Waals surface area (Å²) in [6.45, 7) is 9.45. The van der Waals surface area contributed by atoms with Gasteiger partial charge in [-0.05, 0) is 121 Å². The Morgan fingerprint density at radius 2 is 1.62 bits per heavy atom. The number of rotatable bonds is 17. The number of halogens is 1. The Balaban J connectivity index is 0.750. The second kappa shape index (κ2) is 21.3. The van der Waals surface area contributed by atoms with Crippen LogP contribution in [-0.2, 0) is 33.9 Å². The minimum Gasteiger partial charge on any atom is -0.508 e. The number of carbonyl (C=O) groups excluding carboxylic acids is 3. The third-order valence-electron chi connectivity index (χ3n) is 12.6. The van der Waals surface area contributed by atoms with Crippen LogP contribution in [0.15, 0.2) is 133 Å². The number of phenols is 1. The minimum absolute atomic E-state index is 0.157. The number of aromatic nitrogens is 3. The van der Waals surface area contributed by atoms with Gasteiger partial charge >= 0.3 is 0 Å². The first-order valence-corrected chi connectivity index (χ1v) is 25.4. The van der Waals surface area contributed by atoms with Crippen LogP contribution in [0, 0.1) is 18.2 Å². The van der Waals surface area contributed by atoms with E-state index in [0.29, 0.717) is 62.8 Å². The smallest absolute Gasteiger partial charge is 0.246 e. The van der Waals surface area contributed by atoms with E-state index in [1.807, 2.05) is 129 Å². The van der Waals surface area contributed by atoms with Crippen LogP contribution >= 0.6 is 22.7 Å². The average Bonchev–Trinajstić information content (AvgIpc) is 4.20. The maximum Gasteiger partial charge on any atom is 0.246 e. The lowest BCUT2D eigenvalue weighted by Gasteiger charge is -2.35. The van der Waals surface area contributed by atoms with Crippen LogP contribution in [0.4, 0.5) is 4.39 Å². The Labute approximate surface area is 420 Å². The van der Waals surface area contributed by atoms with Crippen LogP contribution in [0.5, 0.6) is 23.0 Å². The molecule has 2 atom stereocenters. The number of phenolic OH excluding ortho intramolecular Hbond substituents is 1. The molecule has 0 aliphatic carbocycles. The quantitative estimate of drug-likeness (QED) is 0.0817. The number of hydrogen-bond acceptors (Lipinski definition) is 10. The van der Waals surface area contributed by atoms with Gasteiger partial charge in [0.2, 0.25) is 17.7 Å². The molecule has 1 aliphatic heterocycles. The molecule has 364 valence electrons. The molecule has 1 unspecified atom stereocenters. The number of nitrogens with zero attached hydrogens (tertiary/aromatic N) is 4. The SMILES string of the molecule is Cc1ncsc1-c1ccc(CNC(=O)[C@@H]2CCCN2C(=O)C(NC(=O)CCc2cccc(-c3ccn(CCOc4ccc(Oc5c(-c6ccc(F)cc6)sc6cc(O)ccc56)cc4)n3)c2)C(C)(C)C)cc1. The van der Waals surface area contributed by atoms with Crippen molar-refractivity contribution in [2.75, 3.05) is 13.2 Å². The molecule has 9 rings (SSSR count). The molecule has 4 heterocycles. The van der Waals surface area contributed by atoms with Crippen molar-refractivity contribution in [1.29, 1.82) is 0 Å². The van der Waals surface area contributed by atoms with Crippen LogP contribution in [0.25, 0.3) is 42.2 Å². The molecule has 1 saturated heterocycles. The van der Waals surface area contributed by atoms with Crippen molar-refractivity contribution in [3.63, 3.8) is 0 Å². The van der Waals surface area contributed by atoms with Gasteiger partial charge in [-0.3, -0.25) is 19.1 Å². The largest absolute Gasteiger partial charge is 0.508 e. The van der Waals surface area contributed by atoms with Crippen LogP contribution in [0.2, 0.25) is 0 Å². The van der Waals surface area contributed by atoms with E-state index in [-0.39, 0.29) is 35.7 Å². The molecule has 5 aromatic carbocycles. The van der Waals surface area contributed by atoms with Crippen molar-refractivity contribution in [3.8, 4) is 55.1 Å². The van der Waals surface area contributed by atoms with E-state index in [1.165, 1.54) is 23.5 Å². The molecule has 3 amide bonds. The van der Waals surface area contributed by atoms with E-state index < -0.39 is 17.5 Å². The molecule has 1 aliphatic rings. The summed E-state index contributed by atoms with van der Waals surface area (Å²) in [5.74, 6) is 1.05. The highest BCUT2D eigenvalue weighted by atomic mass is 32.1. The first-order valence-electron chi connectivity index (χ1n) is 23.7. The van der Waals surface area contributed by atoms with Gasteiger partial charge in [-0.2, -0.15) is 5.10 Å². The lowest BCUT2D eigenvalue weighted by molar-refractivity contribution is -0.143. The summed E-state index contributed by atoms with van der Waals surface area (Å²) in [5, 5.41) is 21.8. The van der Waals surface area contributed by atoms with Gasteiger partial charge in [0.15, 0.2) is 5.75 Å². The Morgan fingerprint density at radius 1 is 0.873 bits per heavy atom. The van der Waals surface area contributed by atoms with Crippen LogP contribution in [0.3, 0.4) is 0 Å². The Hall–Kier alpha value is -7.36. The number of aryl methyl sites for hydroxylation is 2. The van der Waals surface area contributed by atoms with Gasteiger partial charge in [0.25, 0.3) is 0 Å². The topological polar surface area (TPSA) is 148 Å². The van der Waals surface area contributed by atoms with E-state index in [4.69, 9.17) is 14.6 Å². The highest BCUT2D eigenvalue weighted by molar-refractivity contribution is 7.22. The van der Waals surface area contributed by atoms with Crippen molar-refractivity contribution < 1.29 is 33.4 Å². The van der Waals surface area contributed by atoms with Crippen LogP contribution in [0.1, 0.15) is 56.9 Å². The number of fused-ring (bicyclic) bond motifs is 1. The summed E-state index contributed by atoms with van der Waals surface area (Å²) in [5.41, 5.74) is 7.76. The number of hydrogen-bond donors (Lipinski definition) is 3. The molecule has 1 fully saturated rings. The third kappa shape index (κ3) is 11.6. The fourth-order valence-corrected chi connectivity index (χ4v) is 10.7. The Bertz CT molecular complexity index is 3160. The number of likely N-dealkylation sites (tertiary alicyclic amines) is 1. The number of thiophene rings is 1. The summed E-state index contributed by atoms with van der Waals surface area (Å²) in [6, 6.07) is 35.3. The Kier molecular flexibility index (Phi) is 14.6. The summed E-state index contributed by atoms with van der Waals surface area (Å²) < 4.78 is 28.9. The Morgan fingerprint density at radius 3 is 2.37 bits per heavy atom. The summed E-state index contributed by atoms with van der Waals surface area (Å²) in [6.07, 6.45) is 3.82. The molecule has 3 aromatic heterocycles. The monoisotopic (exact) mass is 990 g/mol. The molecule has 0 bridgehead atoms. The van der Waals surface area contributed by atoms with Crippen molar-refractivity contribution in [1.82, 2.24) is 30.3 Å². The van der Waals surface area contributed by atoms with Crippen LogP contribution < -0.4 is 20.1 Å². The first kappa shape index (κ1) is 48.7. The normalized spacial score (nSPS) is 14.1. The zero-order valence-electron chi connectivity index (χ0n) is 40.0. The zero-order valence-corrected chi connectivity index (χ0v) is 41.6. The minimum atomic E-state index is -0.808. The van der Waals surface area contributed by atoms with Gasteiger partial charge in [0, 0.05) is 41.4 Å². The molecule has 0 radical (unpaired) electrons. The van der Waals surface area contributed by atoms with E-state index in [2.05, 4.69) is 15.6 Å². The second-order valence-corrected chi connectivity index (χ2v) is 20.7. The average molecular weight is 991 g/mol. The molecule has 3 N–H and O–H groups in total. The predicted molar refractivity (Wildman–Crippen MR) is 277 cm³/mol. The summed E-state index contributed by atoms with van der Waals surface area (Å²) in [7, 11) is 0. The fraction of sp³-hybridized carbons (Fsp3) is 0.268. The van der Waals surface area contributed by atoms with Gasteiger partial charge in [-0.15, -0.1) is 22.7 Å². The highest BCUT2D eigenvalue weighted by Crippen LogP contribution is 2.47. The van der Waals surface area contributed by atoms with Gasteiger partial charge in [0.1, 0.15) is 41.8 Å². The molecular formula is C56H55FN6O6S2. The van der Waals surface area contributed by atoms with E-state index in [0.717, 1.165) is 59.0 Å². The fourth-order valence-electron chi connectivity index (χ4n) is 8.73. The lowest BCUT2D eigenvalue weighted by Crippen LogP contribution is -2.57. The maximum absolute atomic E-state index is 14.2. The standard InChI is InChI=1S/C56H55FN6O6S2/c1-35-51(70-34-59-35)38-13-10-37(11-14-38)33-58-54(66)47-9-6-27-63(47)55(67)53(56(2,3)4)60-49(65)25-12-36-7-5-8-40(31-36)46-26-28-62(61-46)29-30-68-43-20-22-44(23-21-43)69-50-45-24-19-42(64)32-48(45)71-52(50)39-15-17-41(57)18-16-39/h5,7-8,10-11,13-24,26,28,31-32,34,47,53,64H,6,9,12,25,27,29-30,33H2,1-4H3,(H,58,66)(H,60,65)/t47-,53?/m0/s1. The highest BCUT2D eigenvalue weighted by Gasteiger charge is 2.41. The molecule has 12 nitrogen and oxygen atoms in total. The lowest BCUT2D eigenvalue weighted by atomic mass is 9.85.